The van der Waals surface area contributed by atoms with E-state index in [0.29, 0.717) is 18.7 Å². The summed E-state index contributed by atoms with van der Waals surface area (Å²) in [4.78, 5) is 26.7. The number of rotatable bonds is 5. The maximum Gasteiger partial charge on any atom is 0.267 e. The van der Waals surface area contributed by atoms with E-state index in [0.717, 1.165) is 11.1 Å². The van der Waals surface area contributed by atoms with Crippen LogP contribution < -0.4 is 16.8 Å². The summed E-state index contributed by atoms with van der Waals surface area (Å²) in [6.45, 7) is 0.852. The number of benzene rings is 1. The number of hydrogen-bond donors (Lipinski definition) is 3. The van der Waals surface area contributed by atoms with Gasteiger partial charge in [-0.05, 0) is 23.3 Å². The first-order valence-electron chi connectivity index (χ1n) is 6.42. The van der Waals surface area contributed by atoms with Gasteiger partial charge in [0.25, 0.3) is 11.8 Å². The van der Waals surface area contributed by atoms with Gasteiger partial charge < -0.3 is 16.8 Å². The van der Waals surface area contributed by atoms with Gasteiger partial charge in [-0.1, -0.05) is 24.3 Å². The molecule has 2 amide bonds. The highest BCUT2D eigenvalue weighted by Crippen LogP contribution is 2.05. The molecule has 0 aliphatic carbocycles. The number of carbonyl (C=O) groups is 2. The Morgan fingerprint density at radius 1 is 1.14 bits per heavy atom. The number of aromatic nitrogens is 1. The lowest BCUT2D eigenvalue weighted by molar-refractivity contribution is 0.0947. The highest BCUT2D eigenvalue weighted by molar-refractivity contribution is 5.95. The second-order valence-electron chi connectivity index (χ2n) is 4.50. The molecular weight excluding hydrogens is 268 g/mol. The van der Waals surface area contributed by atoms with Crippen molar-refractivity contribution in [1.82, 2.24) is 10.3 Å². The maximum atomic E-state index is 12.0. The average molecular weight is 284 g/mol. The Balaban J connectivity index is 1.99. The molecular formula is C15H16N4O2. The smallest absolute Gasteiger partial charge is 0.267 e. The monoisotopic (exact) mass is 284 g/mol. The van der Waals surface area contributed by atoms with Gasteiger partial charge in [0.1, 0.15) is 5.69 Å². The molecule has 1 aromatic carbocycles. The Morgan fingerprint density at radius 2 is 1.90 bits per heavy atom. The van der Waals surface area contributed by atoms with E-state index < -0.39 is 5.91 Å². The molecule has 0 bridgehead atoms. The molecule has 0 spiro atoms. The summed E-state index contributed by atoms with van der Waals surface area (Å²) >= 11 is 0. The van der Waals surface area contributed by atoms with Gasteiger partial charge in [-0.25, -0.2) is 0 Å². The Labute approximate surface area is 122 Å². The van der Waals surface area contributed by atoms with E-state index in [1.807, 2.05) is 24.3 Å². The van der Waals surface area contributed by atoms with Crippen LogP contribution in [0.25, 0.3) is 0 Å². The Kier molecular flexibility index (Phi) is 4.63. The zero-order chi connectivity index (χ0) is 15.2. The molecule has 6 heteroatoms. The normalized spacial score (nSPS) is 10.1. The van der Waals surface area contributed by atoms with Crippen LogP contribution in [0.3, 0.4) is 0 Å². The average Bonchev–Trinajstić information content (AvgIpc) is 2.53. The van der Waals surface area contributed by atoms with Gasteiger partial charge in [-0.2, -0.15) is 0 Å². The standard InChI is InChI=1S/C15H16N4O2/c16-7-10-2-1-3-11(6-10)8-19-15(21)12-4-5-13(14(17)20)18-9-12/h1-6,9H,7-8,16H2,(H2,17,20)(H,19,21). The topological polar surface area (TPSA) is 111 Å². The van der Waals surface area contributed by atoms with Gasteiger partial charge in [-0.15, -0.1) is 0 Å². The summed E-state index contributed by atoms with van der Waals surface area (Å²) in [5.74, 6) is -0.891. The Morgan fingerprint density at radius 3 is 2.52 bits per heavy atom. The molecule has 6 nitrogen and oxygen atoms in total. The molecule has 0 aliphatic rings. The minimum Gasteiger partial charge on any atom is -0.364 e. The summed E-state index contributed by atoms with van der Waals surface area (Å²) in [5.41, 5.74) is 13.1. The molecule has 0 saturated heterocycles. The maximum absolute atomic E-state index is 12.0. The molecule has 0 atom stereocenters. The lowest BCUT2D eigenvalue weighted by Crippen LogP contribution is -2.23. The first-order chi connectivity index (χ1) is 10.1. The van der Waals surface area contributed by atoms with Crippen LogP contribution in [0.5, 0.6) is 0 Å². The second-order valence-corrected chi connectivity index (χ2v) is 4.50. The molecule has 5 N–H and O–H groups in total. The van der Waals surface area contributed by atoms with E-state index in [2.05, 4.69) is 10.3 Å². The molecule has 2 rings (SSSR count). The third-order valence-corrected chi connectivity index (χ3v) is 2.96. The molecule has 0 fully saturated rings. The fraction of sp³-hybridized carbons (Fsp3) is 0.133. The van der Waals surface area contributed by atoms with Crippen molar-refractivity contribution in [3.63, 3.8) is 0 Å². The van der Waals surface area contributed by atoms with Crippen molar-refractivity contribution in [1.29, 1.82) is 0 Å². The van der Waals surface area contributed by atoms with Gasteiger partial charge in [0.05, 0.1) is 5.56 Å². The Hall–Kier alpha value is -2.73. The van der Waals surface area contributed by atoms with Crippen LogP contribution >= 0.6 is 0 Å². The van der Waals surface area contributed by atoms with Crippen LogP contribution in [0, 0.1) is 0 Å². The van der Waals surface area contributed by atoms with Crippen LogP contribution in [0.15, 0.2) is 42.6 Å². The molecule has 21 heavy (non-hydrogen) atoms. The summed E-state index contributed by atoms with van der Waals surface area (Å²) in [6.07, 6.45) is 1.33. The van der Waals surface area contributed by atoms with E-state index in [9.17, 15) is 9.59 Å². The second kappa shape index (κ2) is 6.62. The molecule has 2 aromatic rings. The number of amides is 2. The van der Waals surface area contributed by atoms with Crippen LogP contribution in [-0.4, -0.2) is 16.8 Å². The number of pyridine rings is 1. The Bertz CT molecular complexity index is 653. The number of nitrogens with one attached hydrogen (secondary N) is 1. The molecule has 0 saturated carbocycles. The van der Waals surface area contributed by atoms with E-state index in [-0.39, 0.29) is 11.6 Å². The van der Waals surface area contributed by atoms with Crippen molar-refractivity contribution in [2.45, 2.75) is 13.1 Å². The molecule has 108 valence electrons. The van der Waals surface area contributed by atoms with Gasteiger partial charge in [0, 0.05) is 19.3 Å². The largest absolute Gasteiger partial charge is 0.364 e. The molecule has 0 radical (unpaired) electrons. The van der Waals surface area contributed by atoms with Crippen molar-refractivity contribution in [2.75, 3.05) is 0 Å². The lowest BCUT2D eigenvalue weighted by Gasteiger charge is -2.07. The van der Waals surface area contributed by atoms with Gasteiger partial charge >= 0.3 is 0 Å². The van der Waals surface area contributed by atoms with Crippen molar-refractivity contribution < 1.29 is 9.59 Å². The van der Waals surface area contributed by atoms with Crippen LogP contribution in [0.2, 0.25) is 0 Å². The number of nitrogens with zero attached hydrogens (tertiary/aromatic N) is 1. The number of hydrogen-bond acceptors (Lipinski definition) is 4. The number of carbonyl (C=O) groups excluding carboxylic acids is 2. The highest BCUT2D eigenvalue weighted by Gasteiger charge is 2.08. The van der Waals surface area contributed by atoms with Crippen LogP contribution in [-0.2, 0) is 13.1 Å². The predicted molar refractivity (Wildman–Crippen MR) is 78.3 cm³/mol. The SMILES string of the molecule is NCc1cccc(CNC(=O)c2ccc(C(N)=O)nc2)c1. The lowest BCUT2D eigenvalue weighted by atomic mass is 10.1. The first-order valence-corrected chi connectivity index (χ1v) is 6.42. The van der Waals surface area contributed by atoms with Crippen molar-refractivity contribution >= 4 is 11.8 Å². The zero-order valence-electron chi connectivity index (χ0n) is 11.4. The predicted octanol–water partition coefficient (Wildman–Crippen LogP) is 0.569. The van der Waals surface area contributed by atoms with Gasteiger partial charge in [0.15, 0.2) is 0 Å². The number of primary amides is 1. The van der Waals surface area contributed by atoms with Crippen LogP contribution in [0.1, 0.15) is 32.0 Å². The third-order valence-electron chi connectivity index (χ3n) is 2.96. The van der Waals surface area contributed by atoms with E-state index in [4.69, 9.17) is 11.5 Å². The zero-order valence-corrected chi connectivity index (χ0v) is 11.4. The van der Waals surface area contributed by atoms with Crippen LogP contribution in [0.4, 0.5) is 0 Å². The van der Waals surface area contributed by atoms with Crippen molar-refractivity contribution in [3.05, 3.63) is 65.0 Å². The molecule has 0 aliphatic heterocycles. The highest BCUT2D eigenvalue weighted by atomic mass is 16.2. The van der Waals surface area contributed by atoms with Crippen molar-refractivity contribution in [2.24, 2.45) is 11.5 Å². The van der Waals surface area contributed by atoms with Gasteiger partial charge in [0.2, 0.25) is 0 Å². The fourth-order valence-corrected chi connectivity index (χ4v) is 1.82. The molecule has 0 unspecified atom stereocenters. The van der Waals surface area contributed by atoms with E-state index in [1.54, 1.807) is 0 Å². The summed E-state index contributed by atoms with van der Waals surface area (Å²) in [7, 11) is 0. The summed E-state index contributed by atoms with van der Waals surface area (Å²) in [5, 5.41) is 2.78. The first kappa shape index (κ1) is 14.7. The summed E-state index contributed by atoms with van der Waals surface area (Å²) < 4.78 is 0. The summed E-state index contributed by atoms with van der Waals surface area (Å²) in [6, 6.07) is 10.6. The number of nitrogens with two attached hydrogens (primary N) is 2. The minimum atomic E-state index is -0.624. The minimum absolute atomic E-state index is 0.127. The quantitative estimate of drug-likeness (QED) is 0.745. The fourth-order valence-electron chi connectivity index (χ4n) is 1.82. The van der Waals surface area contributed by atoms with E-state index in [1.165, 1.54) is 18.3 Å². The molecule has 1 heterocycles. The van der Waals surface area contributed by atoms with Crippen molar-refractivity contribution in [3.8, 4) is 0 Å². The molecule has 1 aromatic heterocycles. The van der Waals surface area contributed by atoms with Gasteiger partial charge in [-0.3, -0.25) is 14.6 Å². The van der Waals surface area contributed by atoms with E-state index >= 15 is 0 Å². The third kappa shape index (κ3) is 3.87.